The van der Waals surface area contributed by atoms with E-state index in [1.165, 1.54) is 4.90 Å². The van der Waals surface area contributed by atoms with Gasteiger partial charge in [0.25, 0.3) is 5.91 Å². The number of anilines is 1. The van der Waals surface area contributed by atoms with Crippen molar-refractivity contribution in [1.82, 2.24) is 0 Å². The quantitative estimate of drug-likeness (QED) is 0.916. The minimum absolute atomic E-state index is 0.104. The summed E-state index contributed by atoms with van der Waals surface area (Å²) in [6, 6.07) is 17.6. The maximum absolute atomic E-state index is 12.7. The first-order valence-electron chi connectivity index (χ1n) is 6.75. The van der Waals surface area contributed by atoms with E-state index in [0.717, 1.165) is 0 Å². The van der Waals surface area contributed by atoms with Crippen molar-refractivity contribution in [3.8, 4) is 0 Å². The van der Waals surface area contributed by atoms with Crippen LogP contribution in [0.4, 0.5) is 5.69 Å². The summed E-state index contributed by atoms with van der Waals surface area (Å²) in [5.41, 5.74) is 1.23. The molecule has 108 valence electrons. The number of benzene rings is 2. The SMILES string of the molecule is C[C@@H](CC(=O)O)N(C(=O)c1ccccc1)c1ccccc1. The summed E-state index contributed by atoms with van der Waals surface area (Å²) >= 11 is 0. The van der Waals surface area contributed by atoms with Crippen molar-refractivity contribution < 1.29 is 14.7 Å². The molecule has 21 heavy (non-hydrogen) atoms. The number of carboxylic acid groups (broad SMARTS) is 1. The number of amides is 1. The van der Waals surface area contributed by atoms with E-state index in [1.807, 2.05) is 24.3 Å². The van der Waals surface area contributed by atoms with Crippen molar-refractivity contribution in [2.45, 2.75) is 19.4 Å². The number of carbonyl (C=O) groups is 2. The molecule has 0 saturated carbocycles. The number of carboxylic acids is 1. The Kier molecular flexibility index (Phi) is 4.72. The minimum Gasteiger partial charge on any atom is -0.481 e. The van der Waals surface area contributed by atoms with Gasteiger partial charge in [-0.15, -0.1) is 0 Å². The summed E-state index contributed by atoms with van der Waals surface area (Å²) in [6.07, 6.45) is -0.104. The highest BCUT2D eigenvalue weighted by Gasteiger charge is 2.24. The van der Waals surface area contributed by atoms with Crippen LogP contribution in [0.25, 0.3) is 0 Å². The molecule has 0 aliphatic rings. The fraction of sp³-hybridized carbons (Fsp3) is 0.176. The van der Waals surface area contributed by atoms with Crippen LogP contribution >= 0.6 is 0 Å². The molecule has 4 nitrogen and oxygen atoms in total. The second kappa shape index (κ2) is 6.70. The molecule has 1 N–H and O–H groups in total. The lowest BCUT2D eigenvalue weighted by atomic mass is 10.1. The van der Waals surface area contributed by atoms with Gasteiger partial charge in [0.1, 0.15) is 0 Å². The smallest absolute Gasteiger partial charge is 0.305 e. The number of aliphatic carboxylic acids is 1. The lowest BCUT2D eigenvalue weighted by molar-refractivity contribution is -0.137. The average Bonchev–Trinajstić information content (AvgIpc) is 2.48. The predicted molar refractivity (Wildman–Crippen MR) is 81.4 cm³/mol. The monoisotopic (exact) mass is 283 g/mol. The third-order valence-corrected chi connectivity index (χ3v) is 3.18. The Hall–Kier alpha value is -2.62. The maximum atomic E-state index is 12.7. The summed E-state index contributed by atoms with van der Waals surface area (Å²) in [5.74, 6) is -1.13. The molecule has 2 aromatic carbocycles. The number of rotatable bonds is 5. The third-order valence-electron chi connectivity index (χ3n) is 3.18. The Morgan fingerprint density at radius 2 is 1.52 bits per heavy atom. The molecular formula is C17H17NO3. The molecule has 0 bridgehead atoms. The fourth-order valence-corrected chi connectivity index (χ4v) is 2.22. The summed E-state index contributed by atoms with van der Waals surface area (Å²) in [4.78, 5) is 25.2. The molecular weight excluding hydrogens is 266 g/mol. The lowest BCUT2D eigenvalue weighted by Gasteiger charge is -2.28. The zero-order valence-electron chi connectivity index (χ0n) is 11.8. The van der Waals surface area contributed by atoms with Gasteiger partial charge < -0.3 is 10.0 Å². The zero-order chi connectivity index (χ0) is 15.2. The average molecular weight is 283 g/mol. The molecule has 0 radical (unpaired) electrons. The van der Waals surface area contributed by atoms with Gasteiger partial charge in [-0.1, -0.05) is 36.4 Å². The van der Waals surface area contributed by atoms with Gasteiger partial charge >= 0.3 is 5.97 Å². The molecule has 0 fully saturated rings. The van der Waals surface area contributed by atoms with Crippen molar-refractivity contribution >= 4 is 17.6 Å². The van der Waals surface area contributed by atoms with Crippen molar-refractivity contribution in [2.24, 2.45) is 0 Å². The van der Waals surface area contributed by atoms with E-state index in [9.17, 15) is 9.59 Å². The third kappa shape index (κ3) is 3.69. The Bertz CT molecular complexity index is 610. The standard InChI is InChI=1S/C17H17NO3/c1-13(12-16(19)20)18(15-10-6-3-7-11-15)17(21)14-8-4-2-5-9-14/h2-11,13H,12H2,1H3,(H,19,20)/t13-/m0/s1. The first-order chi connectivity index (χ1) is 10.1. The van der Waals surface area contributed by atoms with Crippen LogP contribution in [0.1, 0.15) is 23.7 Å². The van der Waals surface area contributed by atoms with E-state index in [0.29, 0.717) is 11.3 Å². The molecule has 0 aromatic heterocycles. The van der Waals surface area contributed by atoms with Crippen molar-refractivity contribution in [1.29, 1.82) is 0 Å². The van der Waals surface area contributed by atoms with E-state index < -0.39 is 12.0 Å². The fourth-order valence-electron chi connectivity index (χ4n) is 2.22. The Morgan fingerprint density at radius 1 is 1.00 bits per heavy atom. The van der Waals surface area contributed by atoms with E-state index >= 15 is 0 Å². The number of hydrogen-bond donors (Lipinski definition) is 1. The van der Waals surface area contributed by atoms with Gasteiger partial charge in [0.2, 0.25) is 0 Å². The summed E-state index contributed by atoms with van der Waals surface area (Å²) < 4.78 is 0. The highest BCUT2D eigenvalue weighted by atomic mass is 16.4. The summed E-state index contributed by atoms with van der Waals surface area (Å²) in [7, 11) is 0. The van der Waals surface area contributed by atoms with Crippen LogP contribution in [0.3, 0.4) is 0 Å². The summed E-state index contributed by atoms with van der Waals surface area (Å²) in [6.45, 7) is 1.74. The van der Waals surface area contributed by atoms with Crippen LogP contribution in [0.5, 0.6) is 0 Å². The Labute approximate surface area is 123 Å². The molecule has 4 heteroatoms. The van der Waals surface area contributed by atoms with Crippen molar-refractivity contribution in [3.63, 3.8) is 0 Å². The molecule has 1 atom stereocenters. The molecule has 1 amide bonds. The second-order valence-electron chi connectivity index (χ2n) is 4.82. The summed E-state index contributed by atoms with van der Waals surface area (Å²) in [5, 5.41) is 8.99. The lowest BCUT2D eigenvalue weighted by Crippen LogP contribution is -2.40. The van der Waals surface area contributed by atoms with Gasteiger partial charge in [-0.2, -0.15) is 0 Å². The molecule has 0 unspecified atom stereocenters. The molecule has 2 aromatic rings. The first kappa shape index (κ1) is 14.8. The van der Waals surface area contributed by atoms with Crippen LogP contribution in [-0.2, 0) is 4.79 Å². The number of nitrogens with zero attached hydrogens (tertiary/aromatic N) is 1. The normalized spacial score (nSPS) is 11.7. The molecule has 2 rings (SSSR count). The number of para-hydroxylation sites is 1. The van der Waals surface area contributed by atoms with E-state index in [1.54, 1.807) is 43.3 Å². The van der Waals surface area contributed by atoms with Crippen LogP contribution in [0, 0.1) is 0 Å². The van der Waals surface area contributed by atoms with Crippen LogP contribution < -0.4 is 4.90 Å². The highest BCUT2D eigenvalue weighted by molar-refractivity contribution is 6.06. The molecule has 0 spiro atoms. The number of hydrogen-bond acceptors (Lipinski definition) is 2. The topological polar surface area (TPSA) is 57.6 Å². The second-order valence-corrected chi connectivity index (χ2v) is 4.82. The first-order valence-corrected chi connectivity index (χ1v) is 6.75. The molecule has 0 aliphatic heterocycles. The maximum Gasteiger partial charge on any atom is 0.305 e. The van der Waals surface area contributed by atoms with Crippen LogP contribution in [0.2, 0.25) is 0 Å². The van der Waals surface area contributed by atoms with E-state index in [2.05, 4.69) is 0 Å². The molecule has 0 heterocycles. The largest absolute Gasteiger partial charge is 0.481 e. The van der Waals surface area contributed by atoms with Crippen LogP contribution in [-0.4, -0.2) is 23.0 Å². The molecule has 0 saturated heterocycles. The van der Waals surface area contributed by atoms with Gasteiger partial charge in [-0.05, 0) is 31.2 Å². The van der Waals surface area contributed by atoms with Gasteiger partial charge in [-0.3, -0.25) is 9.59 Å². The minimum atomic E-state index is -0.927. The van der Waals surface area contributed by atoms with Crippen molar-refractivity contribution in [3.05, 3.63) is 66.2 Å². The number of carbonyl (C=O) groups excluding carboxylic acids is 1. The van der Waals surface area contributed by atoms with E-state index in [4.69, 9.17) is 5.11 Å². The Morgan fingerprint density at radius 3 is 2.05 bits per heavy atom. The van der Waals surface area contributed by atoms with Gasteiger partial charge in [0.15, 0.2) is 0 Å². The Balaban J connectivity index is 2.36. The van der Waals surface area contributed by atoms with Gasteiger partial charge in [0.05, 0.1) is 6.42 Å². The van der Waals surface area contributed by atoms with Gasteiger partial charge in [0, 0.05) is 17.3 Å². The van der Waals surface area contributed by atoms with Gasteiger partial charge in [-0.25, -0.2) is 0 Å². The molecule has 0 aliphatic carbocycles. The van der Waals surface area contributed by atoms with E-state index in [-0.39, 0.29) is 12.3 Å². The predicted octanol–water partition coefficient (Wildman–Crippen LogP) is 3.20. The van der Waals surface area contributed by atoms with Crippen molar-refractivity contribution in [2.75, 3.05) is 4.90 Å². The zero-order valence-corrected chi connectivity index (χ0v) is 11.8. The van der Waals surface area contributed by atoms with Crippen LogP contribution in [0.15, 0.2) is 60.7 Å². The highest BCUT2D eigenvalue weighted by Crippen LogP contribution is 2.21.